The van der Waals surface area contributed by atoms with E-state index in [0.717, 1.165) is 38.5 Å². The summed E-state index contributed by atoms with van der Waals surface area (Å²) < 4.78 is 0. The van der Waals surface area contributed by atoms with Crippen molar-refractivity contribution in [2.75, 3.05) is 0 Å². The van der Waals surface area contributed by atoms with Gasteiger partial charge in [-0.15, -0.1) is 0 Å². The van der Waals surface area contributed by atoms with E-state index in [9.17, 15) is 4.79 Å². The molecule has 120 valence electrons. The molecule has 0 aliphatic heterocycles. The lowest BCUT2D eigenvalue weighted by atomic mass is 9.83. The zero-order chi connectivity index (χ0) is 15.1. The average Bonchev–Trinajstić information content (AvgIpc) is 2.70. The van der Waals surface area contributed by atoms with Gasteiger partial charge >= 0.3 is 0 Å². The zero-order valence-corrected chi connectivity index (χ0v) is 14.0. The lowest BCUT2D eigenvalue weighted by molar-refractivity contribution is -0.126. The van der Waals surface area contributed by atoms with Gasteiger partial charge in [-0.2, -0.15) is 0 Å². The van der Waals surface area contributed by atoms with Gasteiger partial charge in [0.15, 0.2) is 0 Å². The molecule has 4 heteroatoms. The zero-order valence-electron chi connectivity index (χ0n) is 13.2. The Bertz CT molecular complexity index is 354. The van der Waals surface area contributed by atoms with Gasteiger partial charge in [-0.3, -0.25) is 4.79 Å². The minimum absolute atomic E-state index is 0.171. The summed E-state index contributed by atoms with van der Waals surface area (Å²) in [5, 5.41) is 3.29. The molecular formula is C17H30N2OS. The van der Waals surface area contributed by atoms with Crippen LogP contribution in [-0.2, 0) is 4.79 Å². The molecule has 0 aromatic heterocycles. The van der Waals surface area contributed by atoms with E-state index in [0.29, 0.717) is 4.99 Å². The lowest BCUT2D eigenvalue weighted by Crippen LogP contribution is -2.58. The predicted octanol–water partition coefficient (Wildman–Crippen LogP) is 3.84. The number of nitrogens with two attached hydrogens (primary N) is 1. The predicted molar refractivity (Wildman–Crippen MR) is 91.2 cm³/mol. The Morgan fingerprint density at radius 1 is 0.905 bits per heavy atom. The van der Waals surface area contributed by atoms with E-state index in [-0.39, 0.29) is 11.8 Å². The molecular weight excluding hydrogens is 280 g/mol. The van der Waals surface area contributed by atoms with Gasteiger partial charge in [0.25, 0.3) is 0 Å². The molecule has 3 N–H and O–H groups in total. The number of carbonyl (C=O) groups is 1. The van der Waals surface area contributed by atoms with Crippen LogP contribution in [0.1, 0.15) is 83.5 Å². The summed E-state index contributed by atoms with van der Waals surface area (Å²) in [6, 6.07) is 0. The normalized spacial score (nSPS) is 24.4. The summed E-state index contributed by atoms with van der Waals surface area (Å²) in [5.74, 6) is 0.370. The van der Waals surface area contributed by atoms with Crippen molar-refractivity contribution in [1.29, 1.82) is 0 Å². The minimum Gasteiger partial charge on any atom is -0.391 e. The van der Waals surface area contributed by atoms with Crippen molar-refractivity contribution in [1.82, 2.24) is 5.32 Å². The van der Waals surface area contributed by atoms with Gasteiger partial charge in [-0.1, -0.05) is 70.0 Å². The highest BCUT2D eigenvalue weighted by Gasteiger charge is 2.36. The van der Waals surface area contributed by atoms with E-state index in [1.807, 2.05) is 0 Å². The molecule has 0 spiro atoms. The van der Waals surface area contributed by atoms with Gasteiger partial charge in [0.1, 0.15) is 0 Å². The minimum atomic E-state index is -0.418. The number of thiocarbonyl (C=S) groups is 1. The van der Waals surface area contributed by atoms with Crippen molar-refractivity contribution in [3.05, 3.63) is 0 Å². The molecule has 2 rings (SSSR count). The molecule has 0 aromatic rings. The fraction of sp³-hybridized carbons (Fsp3) is 0.882. The second-order valence-electron chi connectivity index (χ2n) is 6.89. The van der Waals surface area contributed by atoms with Crippen molar-refractivity contribution in [3.8, 4) is 0 Å². The SMILES string of the molecule is NC(=S)C1(NC(=O)C2CCCCCC2)CCCCCCC1. The first-order valence-corrected chi connectivity index (χ1v) is 9.17. The number of amides is 1. The summed E-state index contributed by atoms with van der Waals surface area (Å²) in [5.41, 5.74) is 5.63. The van der Waals surface area contributed by atoms with Crippen LogP contribution in [0.15, 0.2) is 0 Å². The second kappa shape index (κ2) is 8.11. The summed E-state index contributed by atoms with van der Waals surface area (Å²) in [4.78, 5) is 13.2. The van der Waals surface area contributed by atoms with Gasteiger partial charge in [0, 0.05) is 5.92 Å². The third kappa shape index (κ3) is 4.67. The number of hydrogen-bond donors (Lipinski definition) is 2. The van der Waals surface area contributed by atoms with Crippen LogP contribution in [0.2, 0.25) is 0 Å². The third-order valence-electron chi connectivity index (χ3n) is 5.27. The first-order chi connectivity index (χ1) is 10.1. The van der Waals surface area contributed by atoms with Crippen molar-refractivity contribution in [2.45, 2.75) is 89.0 Å². The van der Waals surface area contributed by atoms with Crippen LogP contribution in [-0.4, -0.2) is 16.4 Å². The first kappa shape index (κ1) is 16.7. The van der Waals surface area contributed by atoms with Gasteiger partial charge in [-0.25, -0.2) is 0 Å². The Morgan fingerprint density at radius 3 is 1.90 bits per heavy atom. The monoisotopic (exact) mass is 310 g/mol. The smallest absolute Gasteiger partial charge is 0.223 e. The first-order valence-electron chi connectivity index (χ1n) is 8.76. The van der Waals surface area contributed by atoms with Crippen molar-refractivity contribution in [2.24, 2.45) is 11.7 Å². The molecule has 2 aliphatic carbocycles. The fourth-order valence-corrected chi connectivity index (χ4v) is 4.08. The number of carbonyl (C=O) groups excluding carboxylic acids is 1. The van der Waals surface area contributed by atoms with Gasteiger partial charge < -0.3 is 11.1 Å². The highest BCUT2D eigenvalue weighted by Crippen LogP contribution is 2.29. The Balaban J connectivity index is 2.03. The summed E-state index contributed by atoms with van der Waals surface area (Å²) in [6.07, 6.45) is 14.8. The van der Waals surface area contributed by atoms with Crippen LogP contribution in [0.5, 0.6) is 0 Å². The maximum atomic E-state index is 12.7. The molecule has 3 nitrogen and oxygen atoms in total. The molecule has 2 saturated carbocycles. The van der Waals surface area contributed by atoms with Gasteiger partial charge in [0.2, 0.25) is 5.91 Å². The van der Waals surface area contributed by atoms with Crippen LogP contribution in [0.4, 0.5) is 0 Å². The highest BCUT2D eigenvalue weighted by molar-refractivity contribution is 7.80. The van der Waals surface area contributed by atoms with E-state index in [4.69, 9.17) is 18.0 Å². The third-order valence-corrected chi connectivity index (χ3v) is 5.66. The fourth-order valence-electron chi connectivity index (χ4n) is 3.82. The molecule has 0 aromatic carbocycles. The van der Waals surface area contributed by atoms with Crippen LogP contribution < -0.4 is 11.1 Å². The Kier molecular flexibility index (Phi) is 6.46. The molecule has 21 heavy (non-hydrogen) atoms. The van der Waals surface area contributed by atoms with E-state index >= 15 is 0 Å². The molecule has 2 aliphatic rings. The Hall–Kier alpha value is -0.640. The van der Waals surface area contributed by atoms with Gasteiger partial charge in [-0.05, 0) is 25.7 Å². The number of hydrogen-bond acceptors (Lipinski definition) is 2. The number of nitrogens with one attached hydrogen (secondary N) is 1. The molecule has 2 fully saturated rings. The van der Waals surface area contributed by atoms with Crippen LogP contribution in [0.25, 0.3) is 0 Å². The summed E-state index contributed by atoms with van der Waals surface area (Å²) >= 11 is 5.34. The van der Waals surface area contributed by atoms with Crippen molar-refractivity contribution >= 4 is 23.1 Å². The lowest BCUT2D eigenvalue weighted by Gasteiger charge is -2.36. The average molecular weight is 311 g/mol. The van der Waals surface area contributed by atoms with E-state index in [1.165, 1.54) is 44.9 Å². The molecule has 0 heterocycles. The van der Waals surface area contributed by atoms with E-state index < -0.39 is 5.54 Å². The highest BCUT2D eigenvalue weighted by atomic mass is 32.1. The van der Waals surface area contributed by atoms with Crippen molar-refractivity contribution < 1.29 is 4.79 Å². The van der Waals surface area contributed by atoms with E-state index in [1.54, 1.807) is 0 Å². The molecule has 0 bridgehead atoms. The Morgan fingerprint density at radius 2 is 1.38 bits per heavy atom. The maximum Gasteiger partial charge on any atom is 0.223 e. The van der Waals surface area contributed by atoms with Crippen molar-refractivity contribution in [3.63, 3.8) is 0 Å². The standard InChI is InChI=1S/C17H30N2OS/c18-16(21)17(12-8-4-1-5-9-13-17)19-15(20)14-10-6-2-3-7-11-14/h14H,1-13H2,(H2,18,21)(H,19,20). The topological polar surface area (TPSA) is 55.1 Å². The summed E-state index contributed by atoms with van der Waals surface area (Å²) in [7, 11) is 0. The molecule has 0 radical (unpaired) electrons. The van der Waals surface area contributed by atoms with Crippen LogP contribution >= 0.6 is 12.2 Å². The summed E-state index contributed by atoms with van der Waals surface area (Å²) in [6.45, 7) is 0. The molecule has 0 unspecified atom stereocenters. The van der Waals surface area contributed by atoms with E-state index in [2.05, 4.69) is 5.32 Å². The van der Waals surface area contributed by atoms with Crippen LogP contribution in [0.3, 0.4) is 0 Å². The molecule has 0 saturated heterocycles. The Labute approximate surface area is 134 Å². The van der Waals surface area contributed by atoms with Crippen LogP contribution in [0, 0.1) is 5.92 Å². The maximum absolute atomic E-state index is 12.7. The molecule has 1 amide bonds. The quantitative estimate of drug-likeness (QED) is 0.615. The second-order valence-corrected chi connectivity index (χ2v) is 7.33. The van der Waals surface area contributed by atoms with Gasteiger partial charge in [0.05, 0.1) is 10.5 Å². The number of rotatable bonds is 3. The molecule has 0 atom stereocenters. The largest absolute Gasteiger partial charge is 0.391 e.